The molecule has 4 atom stereocenters. The van der Waals surface area contributed by atoms with Crippen LogP contribution in [0.4, 0.5) is 0 Å². The number of hydrogen-bond acceptors (Lipinski definition) is 3. The maximum absolute atomic E-state index is 5.86. The van der Waals surface area contributed by atoms with Gasteiger partial charge in [0.1, 0.15) is 0 Å². The van der Waals surface area contributed by atoms with Gasteiger partial charge in [0, 0.05) is 25.2 Å². The molecule has 1 saturated carbocycles. The first-order valence-corrected chi connectivity index (χ1v) is 8.81. The third-order valence-electron chi connectivity index (χ3n) is 5.33. The van der Waals surface area contributed by atoms with Crippen LogP contribution < -0.4 is 5.32 Å². The van der Waals surface area contributed by atoms with E-state index in [1.54, 1.807) is 0 Å². The zero-order valence-corrected chi connectivity index (χ0v) is 13.7. The Balaban J connectivity index is 1.95. The van der Waals surface area contributed by atoms with E-state index >= 15 is 0 Å². The maximum atomic E-state index is 5.86. The van der Waals surface area contributed by atoms with Crippen molar-refractivity contribution >= 4 is 0 Å². The van der Waals surface area contributed by atoms with Crippen molar-refractivity contribution in [2.24, 2.45) is 5.92 Å². The molecule has 4 unspecified atom stereocenters. The molecule has 118 valence electrons. The predicted octanol–water partition coefficient (Wildman–Crippen LogP) is 3.04. The van der Waals surface area contributed by atoms with E-state index in [0.29, 0.717) is 18.2 Å². The molecule has 0 bridgehead atoms. The number of nitrogens with zero attached hydrogens (tertiary/aromatic N) is 1. The van der Waals surface area contributed by atoms with E-state index in [0.717, 1.165) is 25.6 Å². The van der Waals surface area contributed by atoms with Crippen LogP contribution in [0, 0.1) is 5.92 Å². The Morgan fingerprint density at radius 3 is 2.65 bits per heavy atom. The Kier molecular flexibility index (Phi) is 6.79. The fraction of sp³-hybridized carbons (Fsp3) is 1.00. The Labute approximate surface area is 125 Å². The summed E-state index contributed by atoms with van der Waals surface area (Å²) in [7, 11) is 2.14. The van der Waals surface area contributed by atoms with Crippen LogP contribution in [-0.2, 0) is 4.74 Å². The average Bonchev–Trinajstić information content (AvgIpc) is 2.98. The van der Waals surface area contributed by atoms with Crippen molar-refractivity contribution in [3.8, 4) is 0 Å². The molecule has 0 amide bonds. The molecule has 0 aromatic carbocycles. The minimum absolute atomic E-state index is 0.485. The van der Waals surface area contributed by atoms with E-state index in [4.69, 9.17) is 4.74 Å². The summed E-state index contributed by atoms with van der Waals surface area (Å²) in [5, 5.41) is 3.57. The molecule has 1 aliphatic heterocycles. The summed E-state index contributed by atoms with van der Waals surface area (Å²) in [4.78, 5) is 2.69. The van der Waals surface area contributed by atoms with Crippen molar-refractivity contribution in [3.05, 3.63) is 0 Å². The smallest absolute Gasteiger partial charge is 0.0702 e. The quantitative estimate of drug-likeness (QED) is 0.777. The van der Waals surface area contributed by atoms with E-state index in [2.05, 4.69) is 31.1 Å². The molecule has 3 nitrogen and oxygen atoms in total. The molecule has 0 aromatic rings. The molecular formula is C17H34N2O. The van der Waals surface area contributed by atoms with Gasteiger partial charge in [0.2, 0.25) is 0 Å². The minimum Gasteiger partial charge on any atom is -0.377 e. The Bertz CT molecular complexity index is 266. The van der Waals surface area contributed by atoms with Crippen LogP contribution in [0.1, 0.15) is 58.8 Å². The van der Waals surface area contributed by atoms with Crippen LogP contribution in [0.25, 0.3) is 0 Å². The van der Waals surface area contributed by atoms with E-state index in [-0.39, 0.29) is 0 Å². The predicted molar refractivity (Wildman–Crippen MR) is 85.1 cm³/mol. The molecule has 0 radical (unpaired) electrons. The molecule has 1 saturated heterocycles. The zero-order chi connectivity index (χ0) is 14.4. The lowest BCUT2D eigenvalue weighted by atomic mass is 9.79. The van der Waals surface area contributed by atoms with Crippen LogP contribution >= 0.6 is 0 Å². The summed E-state index contributed by atoms with van der Waals surface area (Å²) in [6, 6.07) is 1.38. The first kappa shape index (κ1) is 16.3. The lowest BCUT2D eigenvalue weighted by Gasteiger charge is -2.43. The van der Waals surface area contributed by atoms with Gasteiger partial charge in [-0.2, -0.15) is 0 Å². The van der Waals surface area contributed by atoms with E-state index < -0.39 is 0 Å². The second kappa shape index (κ2) is 8.35. The normalized spacial score (nSPS) is 34.8. The number of nitrogens with one attached hydrogen (secondary N) is 1. The molecule has 1 heterocycles. The van der Waals surface area contributed by atoms with Crippen LogP contribution in [0.15, 0.2) is 0 Å². The highest BCUT2D eigenvalue weighted by Crippen LogP contribution is 2.31. The second-order valence-electron chi connectivity index (χ2n) is 6.65. The highest BCUT2D eigenvalue weighted by Gasteiger charge is 2.34. The Hall–Kier alpha value is -0.120. The number of likely N-dealkylation sites (N-methyl/N-ethyl adjacent to an activating group) is 2. The summed E-state index contributed by atoms with van der Waals surface area (Å²) in [6.07, 6.45) is 9.86. The minimum atomic E-state index is 0.485. The number of ether oxygens (including phenoxy) is 1. The average molecular weight is 282 g/mol. The van der Waals surface area contributed by atoms with Crippen molar-refractivity contribution in [2.45, 2.75) is 77.0 Å². The molecule has 0 spiro atoms. The van der Waals surface area contributed by atoms with Crippen molar-refractivity contribution in [2.75, 3.05) is 26.7 Å². The van der Waals surface area contributed by atoms with Crippen molar-refractivity contribution in [3.63, 3.8) is 0 Å². The standard InChI is InChI=1S/C17H34N2O/c1-4-7-14-9-10-16(18-3)17(12-14)19(5-2)13-15-8-6-11-20-15/h14-18H,4-13H2,1-3H3. The van der Waals surface area contributed by atoms with Gasteiger partial charge in [-0.05, 0) is 51.6 Å². The Morgan fingerprint density at radius 2 is 2.05 bits per heavy atom. The summed E-state index contributed by atoms with van der Waals surface area (Å²) in [6.45, 7) is 7.90. The van der Waals surface area contributed by atoms with Crippen molar-refractivity contribution in [1.82, 2.24) is 10.2 Å². The van der Waals surface area contributed by atoms with Gasteiger partial charge >= 0.3 is 0 Å². The van der Waals surface area contributed by atoms with E-state index in [9.17, 15) is 0 Å². The van der Waals surface area contributed by atoms with E-state index in [1.807, 2.05) is 0 Å². The van der Waals surface area contributed by atoms with Gasteiger partial charge in [0.25, 0.3) is 0 Å². The van der Waals surface area contributed by atoms with Crippen molar-refractivity contribution < 1.29 is 4.74 Å². The van der Waals surface area contributed by atoms with Gasteiger partial charge in [-0.15, -0.1) is 0 Å². The van der Waals surface area contributed by atoms with Crippen LogP contribution in [0.3, 0.4) is 0 Å². The molecule has 20 heavy (non-hydrogen) atoms. The molecule has 3 heteroatoms. The monoisotopic (exact) mass is 282 g/mol. The van der Waals surface area contributed by atoms with Crippen LogP contribution in [0.2, 0.25) is 0 Å². The fourth-order valence-corrected chi connectivity index (χ4v) is 4.19. The van der Waals surface area contributed by atoms with Gasteiger partial charge in [-0.25, -0.2) is 0 Å². The summed E-state index contributed by atoms with van der Waals surface area (Å²) in [5.74, 6) is 0.938. The number of hydrogen-bond donors (Lipinski definition) is 1. The highest BCUT2D eigenvalue weighted by atomic mass is 16.5. The first-order valence-electron chi connectivity index (χ1n) is 8.81. The van der Waals surface area contributed by atoms with E-state index in [1.165, 1.54) is 44.9 Å². The molecular weight excluding hydrogens is 248 g/mol. The maximum Gasteiger partial charge on any atom is 0.0702 e. The zero-order valence-electron chi connectivity index (χ0n) is 13.7. The summed E-state index contributed by atoms with van der Waals surface area (Å²) >= 11 is 0. The molecule has 1 aliphatic carbocycles. The second-order valence-corrected chi connectivity index (χ2v) is 6.65. The van der Waals surface area contributed by atoms with Gasteiger partial charge in [-0.3, -0.25) is 4.90 Å². The first-order chi connectivity index (χ1) is 9.78. The molecule has 1 N–H and O–H groups in total. The van der Waals surface area contributed by atoms with Gasteiger partial charge in [0.05, 0.1) is 6.10 Å². The molecule has 2 fully saturated rings. The van der Waals surface area contributed by atoms with Gasteiger partial charge in [0.15, 0.2) is 0 Å². The number of rotatable bonds is 7. The summed E-state index contributed by atoms with van der Waals surface area (Å²) < 4.78 is 5.86. The van der Waals surface area contributed by atoms with Gasteiger partial charge in [-0.1, -0.05) is 26.7 Å². The highest BCUT2D eigenvalue weighted by molar-refractivity contribution is 4.91. The molecule has 2 rings (SSSR count). The molecule has 2 aliphatic rings. The third-order valence-corrected chi connectivity index (χ3v) is 5.33. The van der Waals surface area contributed by atoms with Gasteiger partial charge < -0.3 is 10.1 Å². The third kappa shape index (κ3) is 4.19. The Morgan fingerprint density at radius 1 is 1.20 bits per heavy atom. The lowest BCUT2D eigenvalue weighted by molar-refractivity contribution is 0.0337. The fourth-order valence-electron chi connectivity index (χ4n) is 4.19. The largest absolute Gasteiger partial charge is 0.377 e. The molecule has 0 aromatic heterocycles. The van der Waals surface area contributed by atoms with Crippen LogP contribution in [0.5, 0.6) is 0 Å². The summed E-state index contributed by atoms with van der Waals surface area (Å²) in [5.41, 5.74) is 0. The van der Waals surface area contributed by atoms with Crippen LogP contribution in [-0.4, -0.2) is 49.8 Å². The van der Waals surface area contributed by atoms with Crippen molar-refractivity contribution in [1.29, 1.82) is 0 Å². The SMILES string of the molecule is CCCC1CCC(NC)C(N(CC)CC2CCCO2)C1. The topological polar surface area (TPSA) is 24.5 Å². The lowest BCUT2D eigenvalue weighted by Crippen LogP contribution is -2.54.